The maximum atomic E-state index is 12.7. The van der Waals surface area contributed by atoms with Crippen LogP contribution in [0.15, 0.2) is 36.4 Å². The van der Waals surface area contributed by atoms with Crippen LogP contribution in [0.25, 0.3) is 10.9 Å². The first-order chi connectivity index (χ1) is 11.9. The number of hydrogen-bond acceptors (Lipinski definition) is 3. The highest BCUT2D eigenvalue weighted by molar-refractivity contribution is 6.35. The fourth-order valence-electron chi connectivity index (χ4n) is 2.93. The zero-order chi connectivity index (χ0) is 18.1. The van der Waals surface area contributed by atoms with Gasteiger partial charge in [0.1, 0.15) is 5.75 Å². The Morgan fingerprint density at radius 2 is 1.92 bits per heavy atom. The quantitative estimate of drug-likeness (QED) is 0.596. The lowest BCUT2D eigenvalue weighted by Gasteiger charge is -2.12. The molecule has 0 radical (unpaired) electrons. The van der Waals surface area contributed by atoms with Crippen LogP contribution in [0.3, 0.4) is 0 Å². The molecule has 1 heterocycles. The number of fused-ring (bicyclic) bond motifs is 1. The molecule has 0 aliphatic rings. The lowest BCUT2D eigenvalue weighted by Crippen LogP contribution is -2.20. The lowest BCUT2D eigenvalue weighted by atomic mass is 10.1. The van der Waals surface area contributed by atoms with Crippen molar-refractivity contribution in [3.8, 4) is 5.75 Å². The van der Waals surface area contributed by atoms with E-state index in [-0.39, 0.29) is 12.5 Å². The fraction of sp³-hybridized carbons (Fsp3) is 0.158. The van der Waals surface area contributed by atoms with Crippen molar-refractivity contribution in [2.45, 2.75) is 13.8 Å². The lowest BCUT2D eigenvalue weighted by molar-refractivity contribution is 0.0840. The number of nitrogens with zero attached hydrogens (tertiary/aromatic N) is 1. The topological polar surface area (TPSA) is 48.3 Å². The van der Waals surface area contributed by atoms with Crippen molar-refractivity contribution in [3.05, 3.63) is 63.3 Å². The summed E-state index contributed by atoms with van der Waals surface area (Å²) in [6, 6.07) is 10.5. The van der Waals surface area contributed by atoms with E-state index >= 15 is 0 Å². The van der Waals surface area contributed by atoms with Gasteiger partial charge in [-0.1, -0.05) is 41.4 Å². The Kier molecular flexibility index (Phi) is 4.84. The van der Waals surface area contributed by atoms with E-state index in [1.54, 1.807) is 32.0 Å². The Morgan fingerprint density at radius 1 is 1.20 bits per heavy atom. The fourth-order valence-corrected chi connectivity index (χ4v) is 3.58. The zero-order valence-corrected chi connectivity index (χ0v) is 15.2. The second kappa shape index (κ2) is 6.90. The third kappa shape index (κ3) is 3.15. The molecule has 0 atom stereocenters. The van der Waals surface area contributed by atoms with Gasteiger partial charge < -0.3 is 4.74 Å². The molecule has 0 fully saturated rings. The van der Waals surface area contributed by atoms with Crippen LogP contribution in [0.5, 0.6) is 5.75 Å². The summed E-state index contributed by atoms with van der Waals surface area (Å²) in [7, 11) is 0. The molecule has 0 aliphatic carbocycles. The molecular weight excluding hydrogens is 361 g/mol. The number of benzene rings is 2. The molecular formula is C19H15Cl2NO3. The van der Waals surface area contributed by atoms with E-state index in [0.717, 1.165) is 17.2 Å². The van der Waals surface area contributed by atoms with Crippen LogP contribution in [0.4, 0.5) is 0 Å². The number of aryl methyl sites for hydroxylation is 1. The van der Waals surface area contributed by atoms with E-state index in [1.165, 1.54) is 4.57 Å². The van der Waals surface area contributed by atoms with Crippen molar-refractivity contribution in [1.29, 1.82) is 0 Å². The molecule has 6 heteroatoms. The molecule has 0 amide bonds. The van der Waals surface area contributed by atoms with Gasteiger partial charge >= 0.3 is 0 Å². The highest BCUT2D eigenvalue weighted by Gasteiger charge is 2.19. The molecule has 0 spiro atoms. The average molecular weight is 376 g/mol. The summed E-state index contributed by atoms with van der Waals surface area (Å²) in [5, 5.41) is 1.59. The predicted molar refractivity (Wildman–Crippen MR) is 99.4 cm³/mol. The Balaban J connectivity index is 1.94. The minimum atomic E-state index is -0.285. The standard InChI is InChI=1S/C19H15Cl2NO3/c1-11-7-13(20)8-16(21)19(11)25-10-18(24)22-12(2)15(9-23)14-5-3-4-6-17(14)22/h3-9H,10H2,1-2H3. The van der Waals surface area contributed by atoms with Crippen molar-refractivity contribution in [1.82, 2.24) is 4.57 Å². The van der Waals surface area contributed by atoms with E-state index in [2.05, 4.69) is 0 Å². The van der Waals surface area contributed by atoms with Gasteiger partial charge in [-0.15, -0.1) is 0 Å². The Hall–Kier alpha value is -2.30. The number of aromatic nitrogens is 1. The van der Waals surface area contributed by atoms with Gasteiger partial charge in [-0.3, -0.25) is 14.2 Å². The normalized spacial score (nSPS) is 10.9. The highest BCUT2D eigenvalue weighted by atomic mass is 35.5. The second-order valence-corrected chi connectivity index (χ2v) is 6.53. The van der Waals surface area contributed by atoms with Crippen LogP contribution in [0, 0.1) is 13.8 Å². The number of ether oxygens (including phenoxy) is 1. The first kappa shape index (κ1) is 17.5. The monoisotopic (exact) mass is 375 g/mol. The first-order valence-electron chi connectivity index (χ1n) is 7.61. The van der Waals surface area contributed by atoms with E-state index in [1.807, 2.05) is 18.2 Å². The smallest absolute Gasteiger partial charge is 0.269 e. The van der Waals surface area contributed by atoms with Gasteiger partial charge in [-0.05, 0) is 37.6 Å². The number of aldehydes is 1. The second-order valence-electron chi connectivity index (χ2n) is 5.69. The molecule has 0 bridgehead atoms. The van der Waals surface area contributed by atoms with Crippen LogP contribution < -0.4 is 4.74 Å². The molecule has 3 rings (SSSR count). The summed E-state index contributed by atoms with van der Waals surface area (Å²) < 4.78 is 7.13. The highest BCUT2D eigenvalue weighted by Crippen LogP contribution is 2.32. The molecule has 0 N–H and O–H groups in total. The van der Waals surface area contributed by atoms with Crippen molar-refractivity contribution in [3.63, 3.8) is 0 Å². The molecule has 2 aromatic carbocycles. The number of para-hydroxylation sites is 1. The van der Waals surface area contributed by atoms with Crippen molar-refractivity contribution >= 4 is 46.3 Å². The van der Waals surface area contributed by atoms with Crippen LogP contribution in [-0.2, 0) is 0 Å². The maximum absolute atomic E-state index is 12.7. The van der Waals surface area contributed by atoms with Gasteiger partial charge in [-0.25, -0.2) is 0 Å². The van der Waals surface area contributed by atoms with Crippen LogP contribution in [0.1, 0.15) is 26.4 Å². The zero-order valence-electron chi connectivity index (χ0n) is 13.7. The molecule has 0 saturated carbocycles. The minimum Gasteiger partial charge on any atom is -0.482 e. The predicted octanol–water partition coefficient (Wildman–Crippen LogP) is 5.10. The Bertz CT molecular complexity index is 969. The maximum Gasteiger partial charge on any atom is 0.269 e. The Morgan fingerprint density at radius 3 is 2.60 bits per heavy atom. The summed E-state index contributed by atoms with van der Waals surface area (Å²) in [6.07, 6.45) is 0.766. The number of rotatable bonds is 4. The third-order valence-corrected chi connectivity index (χ3v) is 4.56. The summed E-state index contributed by atoms with van der Waals surface area (Å²) in [4.78, 5) is 24.1. The van der Waals surface area contributed by atoms with Gasteiger partial charge in [0.15, 0.2) is 12.9 Å². The largest absolute Gasteiger partial charge is 0.482 e. The van der Waals surface area contributed by atoms with Crippen molar-refractivity contribution in [2.24, 2.45) is 0 Å². The molecule has 0 unspecified atom stereocenters. The van der Waals surface area contributed by atoms with Gasteiger partial charge in [0.05, 0.1) is 10.5 Å². The average Bonchev–Trinajstić information content (AvgIpc) is 2.84. The van der Waals surface area contributed by atoms with E-state index in [9.17, 15) is 9.59 Å². The van der Waals surface area contributed by atoms with Crippen molar-refractivity contribution < 1.29 is 14.3 Å². The summed E-state index contributed by atoms with van der Waals surface area (Å²) in [6.45, 7) is 3.33. The van der Waals surface area contributed by atoms with Gasteiger partial charge in [0, 0.05) is 21.7 Å². The molecule has 4 nitrogen and oxygen atoms in total. The van der Waals surface area contributed by atoms with Crippen molar-refractivity contribution in [2.75, 3.05) is 6.61 Å². The number of carbonyl (C=O) groups is 2. The molecule has 3 aromatic rings. The third-order valence-electron chi connectivity index (χ3n) is 4.06. The number of carbonyl (C=O) groups excluding carboxylic acids is 2. The van der Waals surface area contributed by atoms with Gasteiger partial charge in [-0.2, -0.15) is 0 Å². The van der Waals surface area contributed by atoms with Gasteiger partial charge in [0.25, 0.3) is 5.91 Å². The molecule has 0 saturated heterocycles. The van der Waals surface area contributed by atoms with E-state index < -0.39 is 0 Å². The van der Waals surface area contributed by atoms with Crippen LogP contribution in [-0.4, -0.2) is 23.4 Å². The van der Waals surface area contributed by atoms with Crippen LogP contribution >= 0.6 is 23.2 Å². The summed E-state index contributed by atoms with van der Waals surface area (Å²) in [5.41, 5.74) is 2.51. The summed E-state index contributed by atoms with van der Waals surface area (Å²) >= 11 is 12.1. The Labute approximate surface area is 154 Å². The van der Waals surface area contributed by atoms with E-state index in [0.29, 0.717) is 32.6 Å². The number of hydrogen-bond donors (Lipinski definition) is 0. The van der Waals surface area contributed by atoms with E-state index in [4.69, 9.17) is 27.9 Å². The minimum absolute atomic E-state index is 0.208. The van der Waals surface area contributed by atoms with Gasteiger partial charge in [0.2, 0.25) is 0 Å². The molecule has 0 aliphatic heterocycles. The van der Waals surface area contributed by atoms with Crippen LogP contribution in [0.2, 0.25) is 10.0 Å². The molecule has 128 valence electrons. The molecule has 25 heavy (non-hydrogen) atoms. The molecule has 1 aromatic heterocycles. The first-order valence-corrected chi connectivity index (χ1v) is 8.36. The SMILES string of the molecule is Cc1cc(Cl)cc(Cl)c1OCC(=O)n1c(C)c(C=O)c2ccccc21. The number of halogens is 2. The summed E-state index contributed by atoms with van der Waals surface area (Å²) in [5.74, 6) is 0.136.